The van der Waals surface area contributed by atoms with Crippen molar-refractivity contribution in [2.45, 2.75) is 33.8 Å². The molecule has 1 aromatic heterocycles. The normalized spacial score (nSPS) is 22.6. The average molecular weight is 279 g/mol. The van der Waals surface area contributed by atoms with Crippen LogP contribution in [0.4, 0.5) is 0 Å². The molecule has 1 unspecified atom stereocenters. The van der Waals surface area contributed by atoms with Crippen molar-refractivity contribution in [3.8, 4) is 0 Å². The van der Waals surface area contributed by atoms with Gasteiger partial charge >= 0.3 is 0 Å². The van der Waals surface area contributed by atoms with Crippen LogP contribution in [0.2, 0.25) is 5.02 Å². The first-order valence-electron chi connectivity index (χ1n) is 6.63. The zero-order valence-electron chi connectivity index (χ0n) is 11.7. The van der Waals surface area contributed by atoms with Crippen molar-refractivity contribution in [1.82, 2.24) is 0 Å². The number of aliphatic hydroxyl groups excluding tert-OH is 1. The maximum absolute atomic E-state index is 10.6. The highest BCUT2D eigenvalue weighted by molar-refractivity contribution is 6.34. The SMILES string of the molecule is CC1(C)C(C(O)c2cc3cccc(Cl)c3o2)C1(C)C. The summed E-state index contributed by atoms with van der Waals surface area (Å²) in [6, 6.07) is 7.54. The van der Waals surface area contributed by atoms with E-state index in [9.17, 15) is 5.11 Å². The lowest BCUT2D eigenvalue weighted by atomic mass is 10.0. The van der Waals surface area contributed by atoms with E-state index in [0.29, 0.717) is 16.4 Å². The lowest BCUT2D eigenvalue weighted by molar-refractivity contribution is 0.108. The van der Waals surface area contributed by atoms with Crippen LogP contribution in [0.5, 0.6) is 0 Å². The van der Waals surface area contributed by atoms with E-state index in [1.165, 1.54) is 0 Å². The quantitative estimate of drug-likeness (QED) is 0.856. The highest BCUT2D eigenvalue weighted by Crippen LogP contribution is 2.72. The number of rotatable bonds is 2. The molecular weight excluding hydrogens is 260 g/mol. The molecule has 0 radical (unpaired) electrons. The number of halogens is 1. The van der Waals surface area contributed by atoms with Gasteiger partial charge in [-0.2, -0.15) is 0 Å². The van der Waals surface area contributed by atoms with Gasteiger partial charge in [-0.15, -0.1) is 0 Å². The van der Waals surface area contributed by atoms with Crippen LogP contribution in [-0.4, -0.2) is 5.11 Å². The lowest BCUT2D eigenvalue weighted by Gasteiger charge is -2.09. The number of aliphatic hydroxyl groups is 1. The second-order valence-corrected chi connectivity index (χ2v) is 7.08. The van der Waals surface area contributed by atoms with E-state index in [0.717, 1.165) is 5.39 Å². The maximum Gasteiger partial charge on any atom is 0.152 e. The van der Waals surface area contributed by atoms with E-state index < -0.39 is 6.10 Å². The molecule has 3 heteroatoms. The Kier molecular flexibility index (Phi) is 2.58. The van der Waals surface area contributed by atoms with Crippen molar-refractivity contribution in [1.29, 1.82) is 0 Å². The molecule has 1 heterocycles. The first kappa shape index (κ1) is 13.0. The van der Waals surface area contributed by atoms with Gasteiger partial charge in [0.25, 0.3) is 0 Å². The Morgan fingerprint density at radius 3 is 2.37 bits per heavy atom. The third-order valence-electron chi connectivity index (χ3n) is 5.25. The summed E-state index contributed by atoms with van der Waals surface area (Å²) in [5.41, 5.74) is 0.902. The van der Waals surface area contributed by atoms with Gasteiger partial charge in [-0.3, -0.25) is 0 Å². The molecule has 1 aliphatic rings. The van der Waals surface area contributed by atoms with Crippen LogP contribution in [0.1, 0.15) is 39.6 Å². The van der Waals surface area contributed by atoms with Crippen LogP contribution in [0.15, 0.2) is 28.7 Å². The fourth-order valence-electron chi connectivity index (χ4n) is 3.39. The predicted octanol–water partition coefficient (Wildman–Crippen LogP) is 4.80. The van der Waals surface area contributed by atoms with E-state index >= 15 is 0 Å². The van der Waals surface area contributed by atoms with E-state index in [2.05, 4.69) is 27.7 Å². The first-order valence-corrected chi connectivity index (χ1v) is 7.00. The van der Waals surface area contributed by atoms with Crippen LogP contribution in [0, 0.1) is 16.7 Å². The van der Waals surface area contributed by atoms with E-state index in [1.807, 2.05) is 18.2 Å². The summed E-state index contributed by atoms with van der Waals surface area (Å²) in [5, 5.41) is 12.1. The van der Waals surface area contributed by atoms with Crippen molar-refractivity contribution in [3.05, 3.63) is 35.0 Å². The topological polar surface area (TPSA) is 33.4 Å². The Bertz CT molecular complexity index is 625. The van der Waals surface area contributed by atoms with Gasteiger partial charge in [-0.1, -0.05) is 51.4 Å². The summed E-state index contributed by atoms with van der Waals surface area (Å²) in [6.45, 7) is 8.76. The second kappa shape index (κ2) is 3.77. The Balaban J connectivity index is 2.00. The molecule has 0 aliphatic heterocycles. The van der Waals surface area contributed by atoms with Gasteiger partial charge in [-0.05, 0) is 23.0 Å². The Morgan fingerprint density at radius 1 is 1.21 bits per heavy atom. The van der Waals surface area contributed by atoms with Gasteiger partial charge < -0.3 is 9.52 Å². The maximum atomic E-state index is 10.6. The number of fused-ring (bicyclic) bond motifs is 1. The summed E-state index contributed by atoms with van der Waals surface area (Å²) in [4.78, 5) is 0. The standard InChI is InChI=1S/C16H19ClO2/c1-15(2)14(16(15,3)4)12(18)11-8-9-6-5-7-10(17)13(9)19-11/h5-8,12,14,18H,1-4H3. The zero-order chi connectivity index (χ0) is 14.0. The molecule has 2 aromatic rings. The largest absolute Gasteiger partial charge is 0.457 e. The van der Waals surface area contributed by atoms with Crippen LogP contribution in [-0.2, 0) is 0 Å². The van der Waals surface area contributed by atoms with Crippen molar-refractivity contribution in [2.75, 3.05) is 0 Å². The molecule has 0 bridgehead atoms. The molecular formula is C16H19ClO2. The first-order chi connectivity index (χ1) is 8.76. The summed E-state index contributed by atoms with van der Waals surface area (Å²) in [6.07, 6.45) is -0.575. The van der Waals surface area contributed by atoms with Gasteiger partial charge in [0.15, 0.2) is 5.58 Å². The number of hydrogen-bond acceptors (Lipinski definition) is 2. The van der Waals surface area contributed by atoms with Crippen LogP contribution < -0.4 is 0 Å². The summed E-state index contributed by atoms with van der Waals surface area (Å²) < 4.78 is 5.77. The minimum absolute atomic E-state index is 0.120. The fourth-order valence-corrected chi connectivity index (χ4v) is 3.61. The third kappa shape index (κ3) is 1.66. The average Bonchev–Trinajstić information content (AvgIpc) is 2.67. The molecule has 1 fully saturated rings. The second-order valence-electron chi connectivity index (χ2n) is 6.67. The Labute approximate surface area is 118 Å². The smallest absolute Gasteiger partial charge is 0.152 e. The van der Waals surface area contributed by atoms with E-state index in [-0.39, 0.29) is 16.7 Å². The number of benzene rings is 1. The molecule has 1 aromatic carbocycles. The minimum atomic E-state index is -0.575. The van der Waals surface area contributed by atoms with Crippen molar-refractivity contribution in [2.24, 2.45) is 16.7 Å². The summed E-state index contributed by atoms with van der Waals surface area (Å²) in [5.74, 6) is 0.825. The van der Waals surface area contributed by atoms with Gasteiger partial charge in [0, 0.05) is 11.3 Å². The van der Waals surface area contributed by atoms with Gasteiger partial charge in [0.1, 0.15) is 11.9 Å². The van der Waals surface area contributed by atoms with E-state index in [1.54, 1.807) is 6.07 Å². The highest BCUT2D eigenvalue weighted by Gasteiger charge is 2.67. The van der Waals surface area contributed by atoms with Crippen molar-refractivity contribution >= 4 is 22.6 Å². The number of para-hydroxylation sites is 1. The van der Waals surface area contributed by atoms with Crippen molar-refractivity contribution in [3.63, 3.8) is 0 Å². The highest BCUT2D eigenvalue weighted by atomic mass is 35.5. The monoisotopic (exact) mass is 278 g/mol. The molecule has 1 atom stereocenters. The number of hydrogen-bond donors (Lipinski definition) is 1. The molecule has 1 aliphatic carbocycles. The molecule has 102 valence electrons. The Hall–Kier alpha value is -0.990. The predicted molar refractivity (Wildman–Crippen MR) is 77.2 cm³/mol. The number of furan rings is 1. The molecule has 0 amide bonds. The minimum Gasteiger partial charge on any atom is -0.457 e. The summed E-state index contributed by atoms with van der Waals surface area (Å²) >= 11 is 6.11. The molecule has 1 saturated carbocycles. The Morgan fingerprint density at radius 2 is 1.84 bits per heavy atom. The van der Waals surface area contributed by atoms with Crippen molar-refractivity contribution < 1.29 is 9.52 Å². The van der Waals surface area contributed by atoms with Crippen LogP contribution in [0.3, 0.4) is 0 Å². The van der Waals surface area contributed by atoms with Gasteiger partial charge in [0.05, 0.1) is 5.02 Å². The van der Waals surface area contributed by atoms with Crippen LogP contribution >= 0.6 is 11.6 Å². The molecule has 0 spiro atoms. The van der Waals surface area contributed by atoms with Gasteiger partial charge in [-0.25, -0.2) is 0 Å². The summed E-state index contributed by atoms with van der Waals surface area (Å²) in [7, 11) is 0. The molecule has 19 heavy (non-hydrogen) atoms. The molecule has 3 rings (SSSR count). The third-order valence-corrected chi connectivity index (χ3v) is 5.55. The zero-order valence-corrected chi connectivity index (χ0v) is 12.5. The fraction of sp³-hybridized carbons (Fsp3) is 0.500. The molecule has 2 nitrogen and oxygen atoms in total. The molecule has 0 saturated heterocycles. The van der Waals surface area contributed by atoms with Gasteiger partial charge in [0.2, 0.25) is 0 Å². The molecule has 1 N–H and O–H groups in total. The van der Waals surface area contributed by atoms with Crippen LogP contribution in [0.25, 0.3) is 11.0 Å². The lowest BCUT2D eigenvalue weighted by Crippen LogP contribution is -2.04. The van der Waals surface area contributed by atoms with E-state index in [4.69, 9.17) is 16.0 Å².